The molecule has 164 valence electrons. The molecule has 2 aromatic rings. The van der Waals surface area contributed by atoms with E-state index in [9.17, 15) is 18.0 Å². The number of rotatable bonds is 5. The van der Waals surface area contributed by atoms with E-state index in [-0.39, 0.29) is 23.1 Å². The maximum absolute atomic E-state index is 12.9. The zero-order chi connectivity index (χ0) is 21.8. The Hall–Kier alpha value is -2.71. The molecule has 8 heteroatoms. The van der Waals surface area contributed by atoms with Crippen LogP contribution in [-0.2, 0) is 19.6 Å². The van der Waals surface area contributed by atoms with Gasteiger partial charge < -0.3 is 10.2 Å². The molecule has 4 rings (SSSR count). The number of sulfonamides is 1. The van der Waals surface area contributed by atoms with Gasteiger partial charge in [-0.25, -0.2) is 8.42 Å². The Morgan fingerprint density at radius 1 is 0.903 bits per heavy atom. The van der Waals surface area contributed by atoms with Gasteiger partial charge in [0.1, 0.15) is 0 Å². The van der Waals surface area contributed by atoms with Crippen molar-refractivity contribution < 1.29 is 18.0 Å². The molecule has 0 unspecified atom stereocenters. The first kappa shape index (κ1) is 21.5. The minimum atomic E-state index is -3.52. The van der Waals surface area contributed by atoms with Crippen molar-refractivity contribution in [2.45, 2.75) is 37.0 Å². The van der Waals surface area contributed by atoms with E-state index in [2.05, 4.69) is 5.32 Å². The predicted octanol–water partition coefficient (Wildman–Crippen LogP) is 3.24. The summed E-state index contributed by atoms with van der Waals surface area (Å²) >= 11 is 0. The van der Waals surface area contributed by atoms with Gasteiger partial charge in [-0.1, -0.05) is 31.0 Å². The lowest BCUT2D eigenvalue weighted by Crippen LogP contribution is -2.32. The summed E-state index contributed by atoms with van der Waals surface area (Å²) in [5.74, 6) is -0.770. The first-order valence-corrected chi connectivity index (χ1v) is 12.2. The van der Waals surface area contributed by atoms with Crippen molar-refractivity contribution in [1.82, 2.24) is 4.31 Å². The van der Waals surface area contributed by atoms with Crippen LogP contribution in [0.1, 0.15) is 32.1 Å². The van der Waals surface area contributed by atoms with Crippen molar-refractivity contribution in [1.29, 1.82) is 0 Å². The maximum Gasteiger partial charge on any atom is 0.243 e. The van der Waals surface area contributed by atoms with Gasteiger partial charge in [0.2, 0.25) is 21.8 Å². The summed E-state index contributed by atoms with van der Waals surface area (Å²) in [5.41, 5.74) is 1.30. The number of hydrogen-bond acceptors (Lipinski definition) is 4. The molecule has 2 fully saturated rings. The molecule has 2 aliphatic rings. The SMILES string of the molecule is O=C(Nc1ccc(S(=O)(=O)N2CCCCCC2)cc1)[C@H]1CC(=O)N(c2ccccc2)C1. The van der Waals surface area contributed by atoms with E-state index in [1.807, 2.05) is 30.3 Å². The minimum absolute atomic E-state index is 0.0785. The van der Waals surface area contributed by atoms with Gasteiger partial charge in [-0.15, -0.1) is 0 Å². The highest BCUT2D eigenvalue weighted by Crippen LogP contribution is 2.26. The highest BCUT2D eigenvalue weighted by molar-refractivity contribution is 7.89. The molecular formula is C23H27N3O4S. The van der Waals surface area contributed by atoms with Crippen LogP contribution in [-0.4, -0.2) is 44.2 Å². The summed E-state index contributed by atoms with van der Waals surface area (Å²) in [6.45, 7) is 1.43. The van der Waals surface area contributed by atoms with E-state index in [1.165, 1.54) is 12.1 Å². The monoisotopic (exact) mass is 441 g/mol. The van der Waals surface area contributed by atoms with Gasteiger partial charge >= 0.3 is 0 Å². The zero-order valence-corrected chi connectivity index (χ0v) is 18.2. The van der Waals surface area contributed by atoms with Crippen LogP contribution in [0, 0.1) is 5.92 Å². The van der Waals surface area contributed by atoms with Crippen molar-refractivity contribution in [3.8, 4) is 0 Å². The second-order valence-electron chi connectivity index (χ2n) is 8.07. The maximum atomic E-state index is 12.9. The van der Waals surface area contributed by atoms with E-state index in [0.717, 1.165) is 31.4 Å². The van der Waals surface area contributed by atoms with Gasteiger partial charge in [-0.3, -0.25) is 9.59 Å². The summed E-state index contributed by atoms with van der Waals surface area (Å²) in [5, 5.41) is 2.82. The van der Waals surface area contributed by atoms with Gasteiger partial charge in [0.05, 0.1) is 10.8 Å². The number of amides is 2. The highest BCUT2D eigenvalue weighted by atomic mass is 32.2. The Labute approximate surface area is 183 Å². The Morgan fingerprint density at radius 3 is 2.19 bits per heavy atom. The van der Waals surface area contributed by atoms with Gasteiger partial charge in [0.15, 0.2) is 0 Å². The number of hydrogen-bond donors (Lipinski definition) is 1. The van der Waals surface area contributed by atoms with E-state index in [0.29, 0.717) is 25.3 Å². The number of nitrogens with zero attached hydrogens (tertiary/aromatic N) is 2. The second kappa shape index (κ2) is 9.20. The van der Waals surface area contributed by atoms with Crippen LogP contribution < -0.4 is 10.2 Å². The quantitative estimate of drug-likeness (QED) is 0.772. The molecule has 0 aromatic heterocycles. The van der Waals surface area contributed by atoms with Crippen molar-refractivity contribution in [2.75, 3.05) is 29.9 Å². The fourth-order valence-electron chi connectivity index (χ4n) is 4.13. The van der Waals surface area contributed by atoms with E-state index < -0.39 is 15.9 Å². The predicted molar refractivity (Wildman–Crippen MR) is 119 cm³/mol. The van der Waals surface area contributed by atoms with Crippen LogP contribution in [0.4, 0.5) is 11.4 Å². The molecule has 31 heavy (non-hydrogen) atoms. The molecule has 1 N–H and O–H groups in total. The third-order valence-electron chi connectivity index (χ3n) is 5.89. The van der Waals surface area contributed by atoms with Gasteiger partial charge in [-0.05, 0) is 49.2 Å². The lowest BCUT2D eigenvalue weighted by atomic mass is 10.1. The fourth-order valence-corrected chi connectivity index (χ4v) is 5.64. The zero-order valence-electron chi connectivity index (χ0n) is 17.4. The van der Waals surface area contributed by atoms with Crippen molar-refractivity contribution in [3.05, 3.63) is 54.6 Å². The molecule has 2 saturated heterocycles. The van der Waals surface area contributed by atoms with Crippen LogP contribution in [0.2, 0.25) is 0 Å². The lowest BCUT2D eigenvalue weighted by Gasteiger charge is -2.20. The summed E-state index contributed by atoms with van der Waals surface area (Å²) in [6, 6.07) is 15.6. The lowest BCUT2D eigenvalue weighted by molar-refractivity contribution is -0.122. The van der Waals surface area contributed by atoms with Crippen LogP contribution in [0.25, 0.3) is 0 Å². The van der Waals surface area contributed by atoms with Crippen LogP contribution in [0.3, 0.4) is 0 Å². The number of anilines is 2. The van der Waals surface area contributed by atoms with Gasteiger partial charge in [0, 0.05) is 37.4 Å². The van der Waals surface area contributed by atoms with E-state index in [1.54, 1.807) is 21.3 Å². The van der Waals surface area contributed by atoms with E-state index in [4.69, 9.17) is 0 Å². The summed E-state index contributed by atoms with van der Waals surface area (Å²) in [6.07, 6.45) is 4.04. The molecule has 7 nitrogen and oxygen atoms in total. The molecule has 0 bridgehead atoms. The Kier molecular flexibility index (Phi) is 6.38. The van der Waals surface area contributed by atoms with Crippen LogP contribution in [0.5, 0.6) is 0 Å². The number of para-hydroxylation sites is 1. The standard InChI is InChI=1S/C23H27N3O4S/c27-22-16-18(17-26(22)20-8-4-3-5-9-20)23(28)24-19-10-12-21(13-11-19)31(29,30)25-14-6-1-2-7-15-25/h3-5,8-13,18H,1-2,6-7,14-17H2,(H,24,28)/t18-/m0/s1. The Bertz CT molecular complexity index is 1030. The number of benzene rings is 2. The Morgan fingerprint density at radius 2 is 1.55 bits per heavy atom. The molecule has 2 aliphatic heterocycles. The van der Waals surface area contributed by atoms with Crippen molar-refractivity contribution in [2.24, 2.45) is 5.92 Å². The highest BCUT2D eigenvalue weighted by Gasteiger charge is 2.35. The Balaban J connectivity index is 1.40. The van der Waals surface area contributed by atoms with Crippen molar-refractivity contribution >= 4 is 33.2 Å². The van der Waals surface area contributed by atoms with Crippen molar-refractivity contribution in [3.63, 3.8) is 0 Å². The van der Waals surface area contributed by atoms with E-state index >= 15 is 0 Å². The average molecular weight is 442 g/mol. The summed E-state index contributed by atoms with van der Waals surface area (Å²) in [4.78, 5) is 26.9. The number of carbonyl (C=O) groups excluding carboxylic acids is 2. The smallest absolute Gasteiger partial charge is 0.243 e. The molecule has 0 spiro atoms. The van der Waals surface area contributed by atoms with Crippen LogP contribution >= 0.6 is 0 Å². The molecule has 0 saturated carbocycles. The first-order chi connectivity index (χ1) is 14.9. The second-order valence-corrected chi connectivity index (χ2v) is 10.0. The van der Waals surface area contributed by atoms with Gasteiger partial charge in [0.25, 0.3) is 0 Å². The summed E-state index contributed by atoms with van der Waals surface area (Å²) in [7, 11) is -3.52. The number of nitrogens with one attached hydrogen (secondary N) is 1. The largest absolute Gasteiger partial charge is 0.326 e. The summed E-state index contributed by atoms with van der Waals surface area (Å²) < 4.78 is 27.3. The minimum Gasteiger partial charge on any atom is -0.326 e. The number of carbonyl (C=O) groups is 2. The normalized spacial score (nSPS) is 20.5. The third-order valence-corrected chi connectivity index (χ3v) is 7.80. The first-order valence-electron chi connectivity index (χ1n) is 10.7. The molecule has 2 aromatic carbocycles. The van der Waals surface area contributed by atoms with Crippen LogP contribution in [0.15, 0.2) is 59.5 Å². The average Bonchev–Trinajstić information content (AvgIpc) is 2.98. The molecule has 2 amide bonds. The molecular weight excluding hydrogens is 414 g/mol. The van der Waals surface area contributed by atoms with Gasteiger partial charge in [-0.2, -0.15) is 4.31 Å². The fraction of sp³-hybridized carbons (Fsp3) is 0.391. The molecule has 1 atom stereocenters. The topological polar surface area (TPSA) is 86.8 Å². The molecule has 2 heterocycles. The molecule has 0 radical (unpaired) electrons. The molecule has 0 aliphatic carbocycles. The third kappa shape index (κ3) is 4.80.